The summed E-state index contributed by atoms with van der Waals surface area (Å²) in [6.07, 6.45) is 0. The van der Waals surface area contributed by atoms with Crippen LogP contribution in [0.1, 0.15) is 26.8 Å². The molecule has 0 bridgehead atoms. The van der Waals surface area contributed by atoms with Crippen LogP contribution in [0.2, 0.25) is 0 Å². The molecule has 10 heteroatoms. The number of sulfonamides is 1. The monoisotopic (exact) mass is 525 g/mol. The number of thiazole rings is 1. The molecule has 4 aromatic rings. The Morgan fingerprint density at radius 1 is 1.06 bits per heavy atom. The minimum atomic E-state index is -4.08. The quantitative estimate of drug-likeness (QED) is 0.336. The fourth-order valence-corrected chi connectivity index (χ4v) is 6.40. The van der Waals surface area contributed by atoms with Crippen LogP contribution in [0, 0.1) is 0 Å². The molecule has 0 saturated carbocycles. The number of amides is 1. The summed E-state index contributed by atoms with van der Waals surface area (Å²) in [4.78, 5) is 25.5. The Bertz CT molecular complexity index is 1540. The Balaban J connectivity index is 1.68. The molecule has 1 heterocycles. The Kier molecular flexibility index (Phi) is 7.46. The van der Waals surface area contributed by atoms with Gasteiger partial charge in [0.25, 0.3) is 10.0 Å². The van der Waals surface area contributed by atoms with Crippen LogP contribution in [0.25, 0.3) is 10.2 Å². The predicted octanol–water partition coefficient (Wildman–Crippen LogP) is 4.88. The minimum absolute atomic E-state index is 0.00819. The van der Waals surface area contributed by atoms with Crippen molar-refractivity contribution in [2.45, 2.75) is 31.7 Å². The van der Waals surface area contributed by atoms with Gasteiger partial charge in [-0.05, 0) is 63.2 Å². The molecule has 0 aliphatic rings. The predicted molar refractivity (Wildman–Crippen MR) is 144 cm³/mol. The third kappa shape index (κ3) is 5.14. The molecule has 1 N–H and O–H groups in total. The summed E-state index contributed by atoms with van der Waals surface area (Å²) >= 11 is 1.10. The van der Waals surface area contributed by atoms with E-state index in [-0.39, 0.29) is 21.5 Å². The van der Waals surface area contributed by atoms with Crippen molar-refractivity contribution in [1.82, 2.24) is 4.57 Å². The van der Waals surface area contributed by atoms with Crippen LogP contribution in [0.15, 0.2) is 82.5 Å². The zero-order valence-corrected chi connectivity index (χ0v) is 21.8. The number of hydrogen-bond acceptors (Lipinski definition) is 6. The van der Waals surface area contributed by atoms with Gasteiger partial charge in [-0.25, -0.2) is 8.42 Å². The molecule has 0 fully saturated rings. The fourth-order valence-electron chi connectivity index (χ4n) is 3.89. The van der Waals surface area contributed by atoms with Crippen LogP contribution in [-0.2, 0) is 14.8 Å². The smallest absolute Gasteiger partial charge is 0.308 e. The van der Waals surface area contributed by atoms with E-state index in [2.05, 4.69) is 5.32 Å². The summed E-state index contributed by atoms with van der Waals surface area (Å²) in [6.45, 7) is 5.54. The number of para-hydroxylation sites is 2. The zero-order chi connectivity index (χ0) is 25.9. The molecule has 1 amide bonds. The maximum atomic E-state index is 13.6. The minimum Gasteiger partial charge on any atom is -0.492 e. The first-order valence-electron chi connectivity index (χ1n) is 11.5. The molecule has 188 valence electrons. The summed E-state index contributed by atoms with van der Waals surface area (Å²) in [5.41, 5.74) is 1.53. The van der Waals surface area contributed by atoms with Gasteiger partial charge in [0.05, 0.1) is 27.4 Å². The van der Waals surface area contributed by atoms with Crippen molar-refractivity contribution in [3.63, 3.8) is 0 Å². The van der Waals surface area contributed by atoms with Gasteiger partial charge in [-0.1, -0.05) is 41.7 Å². The highest BCUT2D eigenvalue weighted by Crippen LogP contribution is 2.32. The van der Waals surface area contributed by atoms with Crippen LogP contribution < -0.4 is 19.2 Å². The first-order valence-corrected chi connectivity index (χ1v) is 13.7. The number of anilines is 2. The Morgan fingerprint density at radius 2 is 1.75 bits per heavy atom. The lowest BCUT2D eigenvalue weighted by molar-refractivity contribution is -0.114. The van der Waals surface area contributed by atoms with Gasteiger partial charge in [-0.15, -0.1) is 0 Å². The number of fused-ring (bicyclic) bond motifs is 1. The van der Waals surface area contributed by atoms with E-state index in [1.54, 1.807) is 72.2 Å². The molecule has 1 aromatic heterocycles. The summed E-state index contributed by atoms with van der Waals surface area (Å²) in [5, 5.41) is 2.78. The Morgan fingerprint density at radius 3 is 2.44 bits per heavy atom. The first kappa shape index (κ1) is 25.5. The SMILES string of the molecule is CCOc1ccccc1N(CC(=O)Nc1ccc2c(c1)sc(=O)n2C(C)C)S(=O)(=O)c1ccccc1. The molecule has 0 unspecified atom stereocenters. The van der Waals surface area contributed by atoms with Gasteiger partial charge in [0, 0.05) is 11.7 Å². The fraction of sp³-hybridized carbons (Fsp3) is 0.231. The van der Waals surface area contributed by atoms with Crippen molar-refractivity contribution in [2.24, 2.45) is 0 Å². The maximum Gasteiger partial charge on any atom is 0.308 e. The van der Waals surface area contributed by atoms with Gasteiger partial charge < -0.3 is 10.1 Å². The molecule has 4 rings (SSSR count). The highest BCUT2D eigenvalue weighted by Gasteiger charge is 2.29. The van der Waals surface area contributed by atoms with Gasteiger partial charge >= 0.3 is 4.87 Å². The number of rotatable bonds is 9. The number of nitrogens with zero attached hydrogens (tertiary/aromatic N) is 2. The van der Waals surface area contributed by atoms with E-state index in [1.165, 1.54) is 12.1 Å². The topological polar surface area (TPSA) is 97.7 Å². The Labute approximate surface area is 213 Å². The highest BCUT2D eigenvalue weighted by molar-refractivity contribution is 7.92. The number of hydrogen-bond donors (Lipinski definition) is 1. The number of carbonyl (C=O) groups is 1. The molecule has 0 spiro atoms. The van der Waals surface area contributed by atoms with Crippen LogP contribution in [0.5, 0.6) is 5.75 Å². The van der Waals surface area contributed by atoms with Gasteiger partial charge in [-0.2, -0.15) is 0 Å². The summed E-state index contributed by atoms with van der Waals surface area (Å²) in [7, 11) is -4.08. The van der Waals surface area contributed by atoms with Crippen LogP contribution >= 0.6 is 11.3 Å². The van der Waals surface area contributed by atoms with Gasteiger partial charge in [0.15, 0.2) is 0 Å². The third-order valence-electron chi connectivity index (χ3n) is 5.47. The standard InChI is InChI=1S/C26H27N3O5S2/c1-4-34-23-13-9-8-12-21(23)28(36(32,33)20-10-6-5-7-11-20)17-25(30)27-19-14-15-22-24(16-19)35-26(31)29(22)18(2)3/h5-16,18H,4,17H2,1-3H3,(H,27,30). The maximum absolute atomic E-state index is 13.6. The van der Waals surface area contributed by atoms with E-state index >= 15 is 0 Å². The lowest BCUT2D eigenvalue weighted by Gasteiger charge is -2.26. The number of aromatic nitrogens is 1. The van der Waals surface area contributed by atoms with E-state index in [4.69, 9.17) is 4.74 Å². The first-order chi connectivity index (χ1) is 17.2. The molecule has 0 atom stereocenters. The largest absolute Gasteiger partial charge is 0.492 e. The lowest BCUT2D eigenvalue weighted by Crippen LogP contribution is -2.38. The second-order valence-electron chi connectivity index (χ2n) is 8.29. The lowest BCUT2D eigenvalue weighted by atomic mass is 10.2. The van der Waals surface area contributed by atoms with E-state index in [9.17, 15) is 18.0 Å². The molecular weight excluding hydrogens is 498 g/mol. The van der Waals surface area contributed by atoms with Crippen molar-refractivity contribution in [1.29, 1.82) is 0 Å². The molecular formula is C26H27N3O5S2. The van der Waals surface area contributed by atoms with Crippen molar-refractivity contribution in [3.05, 3.63) is 82.5 Å². The highest BCUT2D eigenvalue weighted by atomic mass is 32.2. The van der Waals surface area contributed by atoms with E-state index in [0.29, 0.717) is 18.0 Å². The molecule has 3 aromatic carbocycles. The number of carbonyl (C=O) groups excluding carboxylic acids is 1. The molecule has 36 heavy (non-hydrogen) atoms. The van der Waals surface area contributed by atoms with E-state index < -0.39 is 22.5 Å². The normalized spacial score (nSPS) is 11.6. The molecule has 8 nitrogen and oxygen atoms in total. The number of benzene rings is 3. The summed E-state index contributed by atoms with van der Waals surface area (Å²) in [5.74, 6) is -0.177. The van der Waals surface area contributed by atoms with Crippen LogP contribution in [0.3, 0.4) is 0 Å². The summed E-state index contributed by atoms with van der Waals surface area (Å²) < 4.78 is 36.4. The average Bonchev–Trinajstić information content (AvgIpc) is 3.19. The molecule has 0 aliphatic carbocycles. The van der Waals surface area contributed by atoms with Crippen molar-refractivity contribution in [3.8, 4) is 5.75 Å². The second kappa shape index (κ2) is 10.5. The number of ether oxygens (including phenoxy) is 1. The third-order valence-corrected chi connectivity index (χ3v) is 8.16. The van der Waals surface area contributed by atoms with Gasteiger partial charge in [0.1, 0.15) is 12.3 Å². The average molecular weight is 526 g/mol. The van der Waals surface area contributed by atoms with Crippen LogP contribution in [-0.4, -0.2) is 32.0 Å². The van der Waals surface area contributed by atoms with E-state index in [0.717, 1.165) is 25.9 Å². The van der Waals surface area contributed by atoms with Crippen molar-refractivity contribution >= 4 is 48.9 Å². The van der Waals surface area contributed by atoms with Gasteiger partial charge in [0.2, 0.25) is 5.91 Å². The summed E-state index contributed by atoms with van der Waals surface area (Å²) in [6, 6.07) is 19.9. The molecule has 0 radical (unpaired) electrons. The second-order valence-corrected chi connectivity index (χ2v) is 11.1. The van der Waals surface area contributed by atoms with Crippen LogP contribution in [0.4, 0.5) is 11.4 Å². The van der Waals surface area contributed by atoms with E-state index in [1.807, 2.05) is 13.8 Å². The van der Waals surface area contributed by atoms with Crippen molar-refractivity contribution < 1.29 is 17.9 Å². The zero-order valence-electron chi connectivity index (χ0n) is 20.2. The molecule has 0 saturated heterocycles. The van der Waals surface area contributed by atoms with Crippen molar-refractivity contribution in [2.75, 3.05) is 22.8 Å². The molecule has 0 aliphatic heterocycles. The Hall–Kier alpha value is -3.63. The number of nitrogens with one attached hydrogen (secondary N) is 1. The van der Waals surface area contributed by atoms with Gasteiger partial charge in [-0.3, -0.25) is 18.5 Å².